The molecular weight excluding hydrogens is 194 g/mol. The average Bonchev–Trinajstić information content (AvgIpc) is 2.60. The van der Waals surface area contributed by atoms with Gasteiger partial charge in [-0.1, -0.05) is 30.3 Å². The number of hydrogen-bond acceptors (Lipinski definition) is 3. The summed E-state index contributed by atoms with van der Waals surface area (Å²) in [6.45, 7) is -0.143. The Balaban J connectivity index is 2.03. The van der Waals surface area contributed by atoms with Gasteiger partial charge >= 0.3 is 6.09 Å². The number of cyclic esters (lactones) is 1. The number of aliphatic hydroxyl groups is 1. The zero-order valence-corrected chi connectivity index (χ0v) is 8.22. The van der Waals surface area contributed by atoms with Crippen LogP contribution in [-0.4, -0.2) is 30.0 Å². The molecule has 0 unspecified atom stereocenters. The summed E-state index contributed by atoms with van der Waals surface area (Å²) in [7, 11) is 0. The minimum Gasteiger partial charge on any atom is -0.442 e. The monoisotopic (exact) mass is 207 g/mol. The Morgan fingerprint density at radius 2 is 2.07 bits per heavy atom. The maximum Gasteiger partial charge on any atom is 0.407 e. The summed E-state index contributed by atoms with van der Waals surface area (Å²) in [5.74, 6) is 0. The van der Waals surface area contributed by atoms with Gasteiger partial charge in [0.2, 0.25) is 0 Å². The van der Waals surface area contributed by atoms with Crippen molar-refractivity contribution in [2.75, 3.05) is 6.61 Å². The number of amides is 1. The lowest BCUT2D eigenvalue weighted by Crippen LogP contribution is -2.35. The van der Waals surface area contributed by atoms with E-state index in [9.17, 15) is 4.79 Å². The molecule has 1 heterocycles. The molecule has 0 aromatic heterocycles. The number of carbonyl (C=O) groups excluding carboxylic acids is 1. The molecule has 1 aromatic rings. The summed E-state index contributed by atoms with van der Waals surface area (Å²) in [6, 6.07) is 9.67. The van der Waals surface area contributed by atoms with E-state index < -0.39 is 12.2 Å². The minimum absolute atomic E-state index is 0.134. The molecule has 1 aliphatic rings. The molecule has 0 saturated carbocycles. The lowest BCUT2D eigenvalue weighted by Gasteiger charge is -2.14. The predicted octanol–water partition coefficient (Wildman–Crippen LogP) is 0.698. The Hall–Kier alpha value is -1.55. The maximum atomic E-state index is 11.0. The van der Waals surface area contributed by atoms with E-state index in [1.54, 1.807) is 0 Å². The lowest BCUT2D eigenvalue weighted by atomic mass is 10.0. The van der Waals surface area contributed by atoms with E-state index in [4.69, 9.17) is 9.84 Å². The number of ether oxygens (including phenoxy) is 1. The van der Waals surface area contributed by atoms with Gasteiger partial charge in [-0.05, 0) is 12.0 Å². The van der Waals surface area contributed by atoms with Crippen molar-refractivity contribution in [1.29, 1.82) is 0 Å². The first-order valence-corrected chi connectivity index (χ1v) is 4.91. The third kappa shape index (κ3) is 2.27. The van der Waals surface area contributed by atoms with Crippen LogP contribution in [0.3, 0.4) is 0 Å². The molecule has 2 rings (SSSR count). The second-order valence-corrected chi connectivity index (χ2v) is 3.57. The predicted molar refractivity (Wildman–Crippen MR) is 54.4 cm³/mol. The lowest BCUT2D eigenvalue weighted by molar-refractivity contribution is 0.0829. The quantitative estimate of drug-likeness (QED) is 0.767. The van der Waals surface area contributed by atoms with Crippen molar-refractivity contribution in [1.82, 2.24) is 5.32 Å². The number of benzene rings is 1. The van der Waals surface area contributed by atoms with Crippen molar-refractivity contribution >= 4 is 6.09 Å². The molecule has 0 spiro atoms. The standard InChI is InChI=1S/C11H13NO3/c13-7-10-9(12-11(14)15-10)6-8-4-2-1-3-5-8/h1-5,9-10,13H,6-7H2,(H,12,14)/t9-,10-/m1/s1. The van der Waals surface area contributed by atoms with Gasteiger partial charge in [-0.3, -0.25) is 0 Å². The second-order valence-electron chi connectivity index (χ2n) is 3.57. The van der Waals surface area contributed by atoms with Crippen LogP contribution in [0.4, 0.5) is 4.79 Å². The van der Waals surface area contributed by atoms with E-state index in [0.29, 0.717) is 6.42 Å². The van der Waals surface area contributed by atoms with Gasteiger partial charge in [-0.15, -0.1) is 0 Å². The van der Waals surface area contributed by atoms with Crippen LogP contribution in [0.15, 0.2) is 30.3 Å². The molecule has 0 bridgehead atoms. The average molecular weight is 207 g/mol. The Labute approximate surface area is 87.9 Å². The van der Waals surface area contributed by atoms with Gasteiger partial charge < -0.3 is 15.2 Å². The Bertz CT molecular complexity index is 339. The Kier molecular flexibility index (Phi) is 2.87. The zero-order chi connectivity index (χ0) is 10.7. The molecule has 0 radical (unpaired) electrons. The minimum atomic E-state index is -0.449. The number of hydrogen-bond donors (Lipinski definition) is 2. The third-order valence-corrected chi connectivity index (χ3v) is 2.49. The van der Waals surface area contributed by atoms with E-state index >= 15 is 0 Å². The normalized spacial score (nSPS) is 24.7. The maximum absolute atomic E-state index is 11.0. The number of nitrogens with one attached hydrogen (secondary N) is 1. The molecule has 4 nitrogen and oxygen atoms in total. The van der Waals surface area contributed by atoms with Gasteiger partial charge in [0, 0.05) is 0 Å². The molecule has 2 N–H and O–H groups in total. The summed E-state index contributed by atoms with van der Waals surface area (Å²) in [6.07, 6.45) is -0.203. The van der Waals surface area contributed by atoms with Crippen molar-refractivity contribution in [2.24, 2.45) is 0 Å². The van der Waals surface area contributed by atoms with E-state index in [-0.39, 0.29) is 12.6 Å². The summed E-state index contributed by atoms with van der Waals surface area (Å²) in [5, 5.41) is 11.7. The first-order valence-electron chi connectivity index (χ1n) is 4.91. The number of alkyl carbamates (subject to hydrolysis) is 1. The first kappa shape index (κ1) is 9.98. The summed E-state index contributed by atoms with van der Waals surface area (Å²) in [5.41, 5.74) is 1.12. The van der Waals surface area contributed by atoms with E-state index in [0.717, 1.165) is 5.56 Å². The van der Waals surface area contributed by atoms with Crippen LogP contribution in [-0.2, 0) is 11.2 Å². The van der Waals surface area contributed by atoms with Crippen LogP contribution in [0.5, 0.6) is 0 Å². The highest BCUT2D eigenvalue weighted by molar-refractivity contribution is 5.70. The van der Waals surface area contributed by atoms with Crippen molar-refractivity contribution in [3.63, 3.8) is 0 Å². The molecule has 1 aliphatic heterocycles. The largest absolute Gasteiger partial charge is 0.442 e. The molecular formula is C11H13NO3. The van der Waals surface area contributed by atoms with Gasteiger partial charge in [-0.2, -0.15) is 0 Å². The Morgan fingerprint density at radius 1 is 1.33 bits per heavy atom. The van der Waals surface area contributed by atoms with Gasteiger partial charge in [0.15, 0.2) is 0 Å². The van der Waals surface area contributed by atoms with Gasteiger partial charge in [-0.25, -0.2) is 4.79 Å². The third-order valence-electron chi connectivity index (χ3n) is 2.49. The van der Waals surface area contributed by atoms with Crippen molar-refractivity contribution in [3.05, 3.63) is 35.9 Å². The molecule has 1 aromatic carbocycles. The molecule has 1 fully saturated rings. The van der Waals surface area contributed by atoms with Crippen LogP contribution in [0.2, 0.25) is 0 Å². The zero-order valence-electron chi connectivity index (χ0n) is 8.22. The fraction of sp³-hybridized carbons (Fsp3) is 0.364. The topological polar surface area (TPSA) is 58.6 Å². The number of rotatable bonds is 3. The number of carbonyl (C=O) groups is 1. The van der Waals surface area contributed by atoms with Crippen molar-refractivity contribution < 1.29 is 14.6 Å². The van der Waals surface area contributed by atoms with Gasteiger partial charge in [0.05, 0.1) is 12.6 Å². The molecule has 0 aliphatic carbocycles. The van der Waals surface area contributed by atoms with Crippen LogP contribution < -0.4 is 5.32 Å². The second kappa shape index (κ2) is 4.31. The number of aliphatic hydroxyl groups excluding tert-OH is 1. The van der Waals surface area contributed by atoms with E-state index in [1.807, 2.05) is 30.3 Å². The van der Waals surface area contributed by atoms with Crippen LogP contribution in [0.1, 0.15) is 5.56 Å². The smallest absolute Gasteiger partial charge is 0.407 e. The van der Waals surface area contributed by atoms with E-state index in [2.05, 4.69) is 5.32 Å². The van der Waals surface area contributed by atoms with Crippen molar-refractivity contribution in [3.8, 4) is 0 Å². The first-order chi connectivity index (χ1) is 7.29. The fourth-order valence-corrected chi connectivity index (χ4v) is 1.71. The van der Waals surface area contributed by atoms with Crippen LogP contribution in [0, 0.1) is 0 Å². The molecule has 80 valence electrons. The molecule has 1 saturated heterocycles. The van der Waals surface area contributed by atoms with Crippen molar-refractivity contribution in [2.45, 2.75) is 18.6 Å². The summed E-state index contributed by atoms with van der Waals surface area (Å²) in [4.78, 5) is 11.0. The van der Waals surface area contributed by atoms with Gasteiger partial charge in [0.1, 0.15) is 6.10 Å². The van der Waals surface area contributed by atoms with Crippen LogP contribution in [0.25, 0.3) is 0 Å². The Morgan fingerprint density at radius 3 is 2.73 bits per heavy atom. The van der Waals surface area contributed by atoms with Crippen LogP contribution >= 0.6 is 0 Å². The molecule has 1 amide bonds. The molecule has 15 heavy (non-hydrogen) atoms. The summed E-state index contributed by atoms with van der Waals surface area (Å²) < 4.78 is 4.90. The SMILES string of the molecule is O=C1N[C@H](Cc2ccccc2)[C@@H](CO)O1. The highest BCUT2D eigenvalue weighted by Crippen LogP contribution is 2.13. The summed E-state index contributed by atoms with van der Waals surface area (Å²) >= 11 is 0. The van der Waals surface area contributed by atoms with E-state index in [1.165, 1.54) is 0 Å². The fourth-order valence-electron chi connectivity index (χ4n) is 1.71. The molecule has 2 atom stereocenters. The molecule has 4 heteroatoms. The van der Waals surface area contributed by atoms with Gasteiger partial charge in [0.25, 0.3) is 0 Å². The highest BCUT2D eigenvalue weighted by Gasteiger charge is 2.33. The highest BCUT2D eigenvalue weighted by atomic mass is 16.6.